The minimum Gasteiger partial charge on any atom is -0.497 e. The van der Waals surface area contributed by atoms with E-state index >= 15 is 0 Å². The van der Waals surface area contributed by atoms with Gasteiger partial charge in [0, 0.05) is 24.0 Å². The summed E-state index contributed by atoms with van der Waals surface area (Å²) in [5, 5.41) is 2.95. The first-order valence-electron chi connectivity index (χ1n) is 9.41. The number of hydrogen-bond donors (Lipinski definition) is 1. The third-order valence-electron chi connectivity index (χ3n) is 5.23. The summed E-state index contributed by atoms with van der Waals surface area (Å²) >= 11 is 0. The Hall–Kier alpha value is -3.68. The van der Waals surface area contributed by atoms with Gasteiger partial charge in [-0.3, -0.25) is 9.36 Å². The quantitative estimate of drug-likeness (QED) is 0.672. The highest BCUT2D eigenvalue weighted by Gasteiger charge is 2.33. The van der Waals surface area contributed by atoms with Crippen LogP contribution in [0.1, 0.15) is 23.6 Å². The fraction of sp³-hybridized carbons (Fsp3) is 0.273. The van der Waals surface area contributed by atoms with Crippen molar-refractivity contribution < 1.29 is 23.7 Å². The number of benzene rings is 2. The van der Waals surface area contributed by atoms with E-state index in [1.165, 1.54) is 0 Å². The highest BCUT2D eigenvalue weighted by molar-refractivity contribution is 5.94. The van der Waals surface area contributed by atoms with E-state index in [0.717, 1.165) is 11.3 Å². The molecule has 2 heterocycles. The van der Waals surface area contributed by atoms with Crippen molar-refractivity contribution in [2.45, 2.75) is 12.3 Å². The summed E-state index contributed by atoms with van der Waals surface area (Å²) < 4.78 is 23.6. The molecule has 4 rings (SSSR count). The van der Waals surface area contributed by atoms with Gasteiger partial charge in [0.1, 0.15) is 35.1 Å². The Kier molecular flexibility index (Phi) is 5.22. The molecular formula is C22H23N3O5. The number of nitrogens with one attached hydrogen (secondary N) is 1. The number of imidazole rings is 1. The van der Waals surface area contributed by atoms with Gasteiger partial charge in [-0.05, 0) is 30.3 Å². The van der Waals surface area contributed by atoms with Crippen LogP contribution in [0.4, 0.5) is 5.82 Å². The fourth-order valence-corrected chi connectivity index (χ4v) is 3.74. The molecule has 0 aliphatic carbocycles. The summed E-state index contributed by atoms with van der Waals surface area (Å²) in [5.74, 6) is 2.86. The standard InChI is InChI=1S/C22H23N3O5/c1-27-13-5-7-18(29-3)15(9-13)16-11-20(26)24-22-21(16)23-12-25(22)17-10-14(28-2)6-8-19(17)30-4/h5-10,12,16H,11H2,1-4H3,(H,24,26)/t16-/m0/s1. The van der Waals surface area contributed by atoms with Crippen molar-refractivity contribution in [2.24, 2.45) is 0 Å². The monoisotopic (exact) mass is 409 g/mol. The molecule has 1 N–H and O–H groups in total. The lowest BCUT2D eigenvalue weighted by atomic mass is 9.89. The molecule has 8 nitrogen and oxygen atoms in total. The molecule has 1 atom stereocenters. The average Bonchev–Trinajstić information content (AvgIpc) is 3.21. The SMILES string of the molecule is COc1ccc(OC)c([C@@H]2CC(=O)Nc3c2ncn3-c2cc(OC)ccc2OC)c1. The molecule has 0 radical (unpaired) electrons. The minimum absolute atomic E-state index is 0.110. The van der Waals surface area contributed by atoms with Gasteiger partial charge in [-0.25, -0.2) is 4.98 Å². The molecule has 1 aliphatic heterocycles. The summed E-state index contributed by atoms with van der Waals surface area (Å²) in [5.41, 5.74) is 2.30. The molecule has 0 saturated heterocycles. The van der Waals surface area contributed by atoms with E-state index in [4.69, 9.17) is 18.9 Å². The number of methoxy groups -OCH3 is 4. The summed E-state index contributed by atoms with van der Waals surface area (Å²) in [4.78, 5) is 17.3. The molecular weight excluding hydrogens is 386 g/mol. The number of ether oxygens (including phenoxy) is 4. The smallest absolute Gasteiger partial charge is 0.226 e. The van der Waals surface area contributed by atoms with Crippen molar-refractivity contribution in [3.63, 3.8) is 0 Å². The zero-order valence-corrected chi connectivity index (χ0v) is 17.3. The maximum Gasteiger partial charge on any atom is 0.226 e. The highest BCUT2D eigenvalue weighted by Crippen LogP contribution is 2.43. The number of nitrogens with zero attached hydrogens (tertiary/aromatic N) is 2. The van der Waals surface area contributed by atoms with Gasteiger partial charge >= 0.3 is 0 Å². The lowest BCUT2D eigenvalue weighted by molar-refractivity contribution is -0.116. The number of aromatic nitrogens is 2. The summed E-state index contributed by atoms with van der Waals surface area (Å²) in [7, 11) is 6.40. The number of hydrogen-bond acceptors (Lipinski definition) is 6. The van der Waals surface area contributed by atoms with E-state index in [1.54, 1.807) is 39.3 Å². The van der Waals surface area contributed by atoms with Crippen molar-refractivity contribution >= 4 is 11.7 Å². The van der Waals surface area contributed by atoms with Gasteiger partial charge in [-0.2, -0.15) is 0 Å². The van der Waals surface area contributed by atoms with E-state index in [-0.39, 0.29) is 18.2 Å². The topological polar surface area (TPSA) is 83.8 Å². The van der Waals surface area contributed by atoms with E-state index in [0.29, 0.717) is 34.5 Å². The van der Waals surface area contributed by atoms with E-state index in [1.807, 2.05) is 36.4 Å². The second kappa shape index (κ2) is 7.98. The van der Waals surface area contributed by atoms with Crippen LogP contribution in [0.2, 0.25) is 0 Å². The van der Waals surface area contributed by atoms with E-state index in [9.17, 15) is 4.79 Å². The van der Waals surface area contributed by atoms with Crippen LogP contribution in [-0.4, -0.2) is 43.9 Å². The highest BCUT2D eigenvalue weighted by atomic mass is 16.5. The van der Waals surface area contributed by atoms with Crippen LogP contribution in [0.3, 0.4) is 0 Å². The Morgan fingerprint density at radius 2 is 1.60 bits per heavy atom. The largest absolute Gasteiger partial charge is 0.497 e. The molecule has 0 unspecified atom stereocenters. The molecule has 8 heteroatoms. The molecule has 1 amide bonds. The van der Waals surface area contributed by atoms with Crippen LogP contribution in [0.5, 0.6) is 23.0 Å². The van der Waals surface area contributed by atoms with Crippen LogP contribution >= 0.6 is 0 Å². The number of carbonyl (C=O) groups is 1. The minimum atomic E-state index is -0.281. The number of rotatable bonds is 6. The Labute approximate surface area is 174 Å². The van der Waals surface area contributed by atoms with Crippen LogP contribution in [0, 0.1) is 0 Å². The second-order valence-corrected chi connectivity index (χ2v) is 6.80. The van der Waals surface area contributed by atoms with Crippen LogP contribution in [0.15, 0.2) is 42.7 Å². The molecule has 0 saturated carbocycles. The summed E-state index contributed by atoms with van der Waals surface area (Å²) in [6, 6.07) is 11.0. The molecule has 1 aliphatic rings. The van der Waals surface area contributed by atoms with Crippen molar-refractivity contribution in [1.82, 2.24) is 9.55 Å². The Morgan fingerprint density at radius 1 is 0.933 bits per heavy atom. The molecule has 30 heavy (non-hydrogen) atoms. The van der Waals surface area contributed by atoms with E-state index < -0.39 is 0 Å². The average molecular weight is 409 g/mol. The maximum absolute atomic E-state index is 12.6. The van der Waals surface area contributed by atoms with Gasteiger partial charge < -0.3 is 24.3 Å². The third kappa shape index (κ3) is 3.30. The third-order valence-corrected chi connectivity index (χ3v) is 5.23. The molecule has 0 spiro atoms. The van der Waals surface area contributed by atoms with Gasteiger partial charge in [0.2, 0.25) is 5.91 Å². The lowest BCUT2D eigenvalue weighted by Gasteiger charge is -2.25. The Bertz CT molecular complexity index is 1090. The first-order valence-corrected chi connectivity index (χ1v) is 9.41. The van der Waals surface area contributed by atoms with Gasteiger partial charge in [0.15, 0.2) is 0 Å². The number of fused-ring (bicyclic) bond motifs is 1. The van der Waals surface area contributed by atoms with Gasteiger partial charge in [0.05, 0.1) is 39.8 Å². The van der Waals surface area contributed by atoms with Crippen molar-refractivity contribution in [3.05, 3.63) is 54.0 Å². The van der Waals surface area contributed by atoms with Crippen molar-refractivity contribution in [2.75, 3.05) is 33.8 Å². The predicted octanol–water partition coefficient (Wildman–Crippen LogP) is 3.38. The van der Waals surface area contributed by atoms with Gasteiger partial charge in [-0.15, -0.1) is 0 Å². The first-order chi connectivity index (χ1) is 14.6. The second-order valence-electron chi connectivity index (χ2n) is 6.80. The number of anilines is 1. The molecule has 1 aromatic heterocycles. The predicted molar refractivity (Wildman–Crippen MR) is 111 cm³/mol. The first kappa shape index (κ1) is 19.6. The molecule has 0 bridgehead atoms. The molecule has 3 aromatic rings. The molecule has 2 aromatic carbocycles. The lowest BCUT2D eigenvalue weighted by Crippen LogP contribution is -2.25. The maximum atomic E-state index is 12.6. The van der Waals surface area contributed by atoms with Crippen LogP contribution in [0.25, 0.3) is 5.69 Å². The Morgan fingerprint density at radius 3 is 2.27 bits per heavy atom. The number of amides is 1. The van der Waals surface area contributed by atoms with Crippen LogP contribution < -0.4 is 24.3 Å². The van der Waals surface area contributed by atoms with Gasteiger partial charge in [-0.1, -0.05) is 0 Å². The zero-order valence-electron chi connectivity index (χ0n) is 17.3. The van der Waals surface area contributed by atoms with Crippen LogP contribution in [-0.2, 0) is 4.79 Å². The number of carbonyl (C=O) groups excluding carboxylic acids is 1. The summed E-state index contributed by atoms with van der Waals surface area (Å²) in [6.45, 7) is 0. The fourth-order valence-electron chi connectivity index (χ4n) is 3.74. The zero-order chi connectivity index (χ0) is 21.3. The Balaban J connectivity index is 1.87. The van der Waals surface area contributed by atoms with Crippen molar-refractivity contribution in [3.8, 4) is 28.7 Å². The molecule has 0 fully saturated rings. The van der Waals surface area contributed by atoms with E-state index in [2.05, 4.69) is 10.3 Å². The van der Waals surface area contributed by atoms with Gasteiger partial charge in [0.25, 0.3) is 0 Å². The molecule has 156 valence electrons. The normalized spacial score (nSPS) is 15.2. The van der Waals surface area contributed by atoms with Crippen molar-refractivity contribution in [1.29, 1.82) is 0 Å². The summed E-state index contributed by atoms with van der Waals surface area (Å²) in [6.07, 6.45) is 1.93.